The first-order valence-corrected chi connectivity index (χ1v) is 7.05. The van der Waals surface area contributed by atoms with Crippen molar-refractivity contribution >= 4 is 16.0 Å². The van der Waals surface area contributed by atoms with E-state index >= 15 is 0 Å². The lowest BCUT2D eigenvalue weighted by Gasteiger charge is -2.09. The van der Waals surface area contributed by atoms with Crippen LogP contribution in [0, 0.1) is 18.3 Å². The Kier molecular flexibility index (Phi) is 5.03. The van der Waals surface area contributed by atoms with Gasteiger partial charge in [0.25, 0.3) is 0 Å². The predicted octanol–water partition coefficient (Wildman–Crippen LogP) is 0.708. The molecule has 0 aliphatic rings. The maximum absolute atomic E-state index is 12.0. The summed E-state index contributed by atoms with van der Waals surface area (Å²) in [7, 11) is -3.84. The zero-order chi connectivity index (χ0) is 14.5. The molecule has 0 saturated heterocycles. The third-order valence-corrected chi connectivity index (χ3v) is 3.86. The number of nitrogens with zero attached hydrogens (tertiary/aromatic N) is 1. The van der Waals surface area contributed by atoms with E-state index in [1.54, 1.807) is 13.8 Å². The number of aryl methyl sites for hydroxylation is 1. The van der Waals surface area contributed by atoms with E-state index in [0.29, 0.717) is 5.56 Å². The van der Waals surface area contributed by atoms with Crippen molar-refractivity contribution in [3.8, 4) is 6.07 Å². The Hall–Kier alpha value is -1.91. The average molecular weight is 282 g/mol. The van der Waals surface area contributed by atoms with E-state index in [-0.39, 0.29) is 17.1 Å². The molecule has 0 aliphatic carbocycles. The van der Waals surface area contributed by atoms with Gasteiger partial charge in [-0.1, -0.05) is 6.07 Å². The van der Waals surface area contributed by atoms with E-state index in [9.17, 15) is 13.2 Å². The molecule has 102 valence electrons. The summed E-state index contributed by atoms with van der Waals surface area (Å²) >= 11 is 0. The van der Waals surface area contributed by atoms with Crippen molar-refractivity contribution in [1.29, 1.82) is 5.26 Å². The number of carbonyl (C=O) groups is 1. The molecule has 0 bridgehead atoms. The Morgan fingerprint density at radius 3 is 2.74 bits per heavy atom. The first-order chi connectivity index (χ1) is 8.90. The summed E-state index contributed by atoms with van der Waals surface area (Å²) in [5.41, 5.74) is 0.734. The molecule has 1 N–H and O–H groups in total. The molecule has 6 nitrogen and oxygen atoms in total. The highest BCUT2D eigenvalue weighted by molar-refractivity contribution is 7.89. The summed E-state index contributed by atoms with van der Waals surface area (Å²) in [6.07, 6.45) is 0. The summed E-state index contributed by atoms with van der Waals surface area (Å²) in [6, 6.07) is 6.20. The van der Waals surface area contributed by atoms with Crippen LogP contribution < -0.4 is 4.72 Å². The molecule has 0 atom stereocenters. The molecule has 0 radical (unpaired) electrons. The van der Waals surface area contributed by atoms with Gasteiger partial charge in [-0.15, -0.1) is 0 Å². The SMILES string of the molecule is CCOC(=O)CNS(=O)(=O)c1cc(C#N)ccc1C. The number of ether oxygens (including phenoxy) is 1. The summed E-state index contributed by atoms with van der Waals surface area (Å²) in [6.45, 7) is 2.99. The second kappa shape index (κ2) is 6.31. The minimum absolute atomic E-state index is 0.0177. The Balaban J connectivity index is 2.95. The van der Waals surface area contributed by atoms with E-state index in [1.807, 2.05) is 6.07 Å². The van der Waals surface area contributed by atoms with Gasteiger partial charge in [-0.3, -0.25) is 4.79 Å². The molecular formula is C12H14N2O4S. The zero-order valence-corrected chi connectivity index (χ0v) is 11.5. The predicted molar refractivity (Wildman–Crippen MR) is 67.7 cm³/mol. The molecule has 0 spiro atoms. The van der Waals surface area contributed by atoms with E-state index in [1.165, 1.54) is 18.2 Å². The highest BCUT2D eigenvalue weighted by atomic mass is 32.2. The van der Waals surface area contributed by atoms with Gasteiger partial charge in [0.05, 0.1) is 23.1 Å². The van der Waals surface area contributed by atoms with Crippen molar-refractivity contribution < 1.29 is 17.9 Å². The van der Waals surface area contributed by atoms with Gasteiger partial charge in [-0.2, -0.15) is 9.98 Å². The molecule has 0 aliphatic heterocycles. The van der Waals surface area contributed by atoms with Crippen LogP contribution in [0.25, 0.3) is 0 Å². The highest BCUT2D eigenvalue weighted by Gasteiger charge is 2.18. The molecule has 0 aromatic heterocycles. The number of benzene rings is 1. The molecule has 1 aromatic carbocycles. The lowest BCUT2D eigenvalue weighted by Crippen LogP contribution is -2.31. The number of nitrogens with one attached hydrogen (secondary N) is 1. The molecule has 0 amide bonds. The van der Waals surface area contributed by atoms with Gasteiger partial charge in [-0.25, -0.2) is 8.42 Å². The maximum atomic E-state index is 12.0. The molecular weight excluding hydrogens is 268 g/mol. The van der Waals surface area contributed by atoms with Gasteiger partial charge in [0.1, 0.15) is 6.54 Å². The molecule has 0 unspecified atom stereocenters. The summed E-state index contributed by atoms with van der Waals surface area (Å²) < 4.78 is 30.8. The van der Waals surface area contributed by atoms with Crippen LogP contribution in [0.3, 0.4) is 0 Å². The van der Waals surface area contributed by atoms with Gasteiger partial charge in [0, 0.05) is 0 Å². The fourth-order valence-corrected chi connectivity index (χ4v) is 2.64. The van der Waals surface area contributed by atoms with Crippen molar-refractivity contribution in [3.05, 3.63) is 29.3 Å². The van der Waals surface area contributed by atoms with Crippen molar-refractivity contribution in [2.45, 2.75) is 18.7 Å². The van der Waals surface area contributed by atoms with E-state index in [2.05, 4.69) is 9.46 Å². The molecule has 7 heteroatoms. The van der Waals surface area contributed by atoms with Crippen LogP contribution in [-0.2, 0) is 19.6 Å². The van der Waals surface area contributed by atoms with E-state index in [0.717, 1.165) is 0 Å². The lowest BCUT2D eigenvalue weighted by atomic mass is 10.2. The Morgan fingerprint density at radius 2 is 2.16 bits per heavy atom. The largest absolute Gasteiger partial charge is 0.465 e. The van der Waals surface area contributed by atoms with Gasteiger partial charge in [0.15, 0.2) is 0 Å². The van der Waals surface area contributed by atoms with Crippen molar-refractivity contribution in [2.75, 3.05) is 13.2 Å². The minimum atomic E-state index is -3.84. The molecule has 0 fully saturated rings. The van der Waals surface area contributed by atoms with Crippen LogP contribution in [0.1, 0.15) is 18.1 Å². The summed E-state index contributed by atoms with van der Waals surface area (Å²) in [5, 5.41) is 8.77. The van der Waals surface area contributed by atoms with E-state index < -0.39 is 22.5 Å². The number of nitriles is 1. The van der Waals surface area contributed by atoms with Crippen LogP contribution in [0.4, 0.5) is 0 Å². The lowest BCUT2D eigenvalue weighted by molar-refractivity contribution is -0.141. The van der Waals surface area contributed by atoms with E-state index in [4.69, 9.17) is 5.26 Å². The Bertz CT molecular complexity index is 617. The van der Waals surface area contributed by atoms with Crippen molar-refractivity contribution in [3.63, 3.8) is 0 Å². The normalized spacial score (nSPS) is 10.8. The Labute approximate surface area is 112 Å². The molecule has 0 saturated carbocycles. The topological polar surface area (TPSA) is 96.3 Å². The number of hydrogen-bond acceptors (Lipinski definition) is 5. The number of rotatable bonds is 5. The maximum Gasteiger partial charge on any atom is 0.321 e. The number of sulfonamides is 1. The second-order valence-corrected chi connectivity index (χ2v) is 5.46. The number of carbonyl (C=O) groups excluding carboxylic acids is 1. The quantitative estimate of drug-likeness (QED) is 0.802. The third-order valence-electron chi connectivity index (χ3n) is 2.32. The summed E-state index contributed by atoms with van der Waals surface area (Å²) in [4.78, 5) is 11.1. The minimum Gasteiger partial charge on any atom is -0.465 e. The standard InChI is InChI=1S/C12H14N2O4S/c1-3-18-12(15)8-14-19(16,17)11-6-10(7-13)5-4-9(11)2/h4-6,14H,3,8H2,1-2H3. The molecule has 1 rings (SSSR count). The average Bonchev–Trinajstić information content (AvgIpc) is 2.37. The van der Waals surface area contributed by atoms with Crippen LogP contribution in [0.5, 0.6) is 0 Å². The monoisotopic (exact) mass is 282 g/mol. The molecule has 1 aromatic rings. The Morgan fingerprint density at radius 1 is 1.47 bits per heavy atom. The smallest absolute Gasteiger partial charge is 0.321 e. The fourth-order valence-electron chi connectivity index (χ4n) is 1.40. The first-order valence-electron chi connectivity index (χ1n) is 5.56. The number of hydrogen-bond donors (Lipinski definition) is 1. The molecule has 0 heterocycles. The number of esters is 1. The van der Waals surface area contributed by atoms with Gasteiger partial charge < -0.3 is 4.74 Å². The van der Waals surface area contributed by atoms with Crippen molar-refractivity contribution in [2.24, 2.45) is 0 Å². The van der Waals surface area contributed by atoms with Gasteiger partial charge >= 0.3 is 5.97 Å². The van der Waals surface area contributed by atoms with Crippen LogP contribution in [0.15, 0.2) is 23.1 Å². The first kappa shape index (κ1) is 15.1. The van der Waals surface area contributed by atoms with Gasteiger partial charge in [-0.05, 0) is 31.5 Å². The third kappa shape index (κ3) is 4.05. The zero-order valence-electron chi connectivity index (χ0n) is 10.6. The van der Waals surface area contributed by atoms with Crippen molar-refractivity contribution in [1.82, 2.24) is 4.72 Å². The summed E-state index contributed by atoms with van der Waals surface area (Å²) in [5.74, 6) is -0.653. The highest BCUT2D eigenvalue weighted by Crippen LogP contribution is 2.16. The van der Waals surface area contributed by atoms with Crippen LogP contribution >= 0.6 is 0 Å². The van der Waals surface area contributed by atoms with Crippen LogP contribution in [-0.4, -0.2) is 27.5 Å². The second-order valence-electron chi connectivity index (χ2n) is 3.72. The van der Waals surface area contributed by atoms with Gasteiger partial charge in [0.2, 0.25) is 10.0 Å². The molecule has 19 heavy (non-hydrogen) atoms. The van der Waals surface area contributed by atoms with Crippen LogP contribution in [0.2, 0.25) is 0 Å². The fraction of sp³-hybridized carbons (Fsp3) is 0.333.